The molecule has 0 N–H and O–H groups in total. The van der Waals surface area contributed by atoms with Crippen molar-refractivity contribution in [2.75, 3.05) is 12.9 Å². The first-order valence-electron chi connectivity index (χ1n) is 9.75. The number of aryl methyl sites for hydroxylation is 3. The number of ether oxygens (including phenoxy) is 1. The van der Waals surface area contributed by atoms with Crippen molar-refractivity contribution >= 4 is 39.2 Å². The molecule has 0 unspecified atom stereocenters. The van der Waals surface area contributed by atoms with E-state index in [1.54, 1.807) is 18.4 Å². The molecule has 0 spiro atoms. The molecule has 2 aromatic heterocycles. The third-order valence-corrected chi connectivity index (χ3v) is 7.32. The summed E-state index contributed by atoms with van der Waals surface area (Å²) in [4.78, 5) is 26.6. The second-order valence-corrected chi connectivity index (χ2v) is 9.60. The average molecular weight is 428 g/mol. The third-order valence-electron chi connectivity index (χ3n) is 5.26. The Bertz CT molecular complexity index is 1040. The summed E-state index contributed by atoms with van der Waals surface area (Å²) in [5.41, 5.74) is 2.35. The van der Waals surface area contributed by atoms with Gasteiger partial charge in [-0.15, -0.1) is 11.3 Å². The van der Waals surface area contributed by atoms with Crippen LogP contribution < -0.4 is 4.74 Å². The molecule has 7 heteroatoms. The lowest BCUT2D eigenvalue weighted by atomic mass is 10.2. The quantitative estimate of drug-likeness (QED) is 0.396. The molecule has 1 saturated carbocycles. The lowest BCUT2D eigenvalue weighted by Gasteiger charge is -2.22. The molecule has 1 aliphatic carbocycles. The summed E-state index contributed by atoms with van der Waals surface area (Å²) in [6.45, 7) is 6.78. The van der Waals surface area contributed by atoms with Crippen molar-refractivity contribution in [3.8, 4) is 5.75 Å². The minimum absolute atomic E-state index is 0.169. The van der Waals surface area contributed by atoms with Gasteiger partial charge in [0.2, 0.25) is 5.91 Å². The number of hydrogen-bond donors (Lipinski definition) is 0. The highest BCUT2D eigenvalue weighted by molar-refractivity contribution is 8.00. The Hall–Kier alpha value is -2.12. The van der Waals surface area contributed by atoms with Crippen LogP contribution >= 0.6 is 23.1 Å². The van der Waals surface area contributed by atoms with Gasteiger partial charge < -0.3 is 9.64 Å². The van der Waals surface area contributed by atoms with Gasteiger partial charge in [0.05, 0.1) is 12.9 Å². The first kappa shape index (κ1) is 20.2. The van der Waals surface area contributed by atoms with E-state index in [1.807, 2.05) is 36.1 Å². The predicted octanol–water partition coefficient (Wildman–Crippen LogP) is 4.91. The highest BCUT2D eigenvalue weighted by atomic mass is 32.2. The Balaban J connectivity index is 1.49. The van der Waals surface area contributed by atoms with Gasteiger partial charge in [-0.05, 0) is 56.9 Å². The number of carbonyl (C=O) groups is 1. The molecule has 4 rings (SSSR count). The number of thiophene rings is 1. The number of carbonyl (C=O) groups excluding carboxylic acids is 1. The van der Waals surface area contributed by atoms with Crippen LogP contribution in [0.1, 0.15) is 34.7 Å². The molecule has 0 bridgehead atoms. The van der Waals surface area contributed by atoms with Gasteiger partial charge in [-0.1, -0.05) is 23.9 Å². The molecule has 5 nitrogen and oxygen atoms in total. The maximum absolute atomic E-state index is 13.1. The van der Waals surface area contributed by atoms with Gasteiger partial charge >= 0.3 is 0 Å². The molecule has 2 heterocycles. The van der Waals surface area contributed by atoms with Crippen LogP contribution in [0.2, 0.25) is 0 Å². The fraction of sp³-hybridized carbons (Fsp3) is 0.409. The minimum Gasteiger partial charge on any atom is -0.497 e. The average Bonchev–Trinajstić information content (AvgIpc) is 3.50. The summed E-state index contributed by atoms with van der Waals surface area (Å²) in [6.07, 6.45) is 2.18. The Kier molecular flexibility index (Phi) is 5.79. The van der Waals surface area contributed by atoms with Crippen LogP contribution in [0.3, 0.4) is 0 Å². The molecular formula is C22H25N3O2S2. The van der Waals surface area contributed by atoms with E-state index >= 15 is 0 Å². The topological polar surface area (TPSA) is 55.3 Å². The van der Waals surface area contributed by atoms with Gasteiger partial charge in [-0.2, -0.15) is 0 Å². The van der Waals surface area contributed by atoms with Crippen LogP contribution in [0.5, 0.6) is 5.75 Å². The summed E-state index contributed by atoms with van der Waals surface area (Å²) in [7, 11) is 1.66. The van der Waals surface area contributed by atoms with Gasteiger partial charge in [-0.3, -0.25) is 4.79 Å². The number of nitrogens with zero attached hydrogens (tertiary/aromatic N) is 3. The van der Waals surface area contributed by atoms with E-state index in [9.17, 15) is 4.79 Å². The van der Waals surface area contributed by atoms with Crippen molar-refractivity contribution in [1.29, 1.82) is 0 Å². The van der Waals surface area contributed by atoms with E-state index in [0.29, 0.717) is 18.3 Å². The lowest BCUT2D eigenvalue weighted by Crippen LogP contribution is -2.34. The molecule has 0 saturated heterocycles. The number of thioether (sulfide) groups is 1. The third kappa shape index (κ3) is 4.41. The van der Waals surface area contributed by atoms with Crippen molar-refractivity contribution in [1.82, 2.24) is 14.9 Å². The van der Waals surface area contributed by atoms with Crippen molar-refractivity contribution in [2.45, 2.75) is 51.2 Å². The molecule has 1 fully saturated rings. The van der Waals surface area contributed by atoms with Crippen LogP contribution in [0.25, 0.3) is 10.2 Å². The summed E-state index contributed by atoms with van der Waals surface area (Å²) >= 11 is 3.23. The first-order valence-corrected chi connectivity index (χ1v) is 11.6. The molecule has 1 aromatic carbocycles. The second kappa shape index (κ2) is 8.32. The summed E-state index contributed by atoms with van der Waals surface area (Å²) in [6, 6.07) is 8.32. The molecular weight excluding hydrogens is 402 g/mol. The zero-order chi connectivity index (χ0) is 20.5. The largest absolute Gasteiger partial charge is 0.497 e. The molecule has 3 aromatic rings. The maximum atomic E-state index is 13.1. The minimum atomic E-state index is 0.169. The number of amides is 1. The fourth-order valence-electron chi connectivity index (χ4n) is 3.37. The van der Waals surface area contributed by atoms with E-state index in [4.69, 9.17) is 4.74 Å². The number of fused-ring (bicyclic) bond motifs is 1. The van der Waals surface area contributed by atoms with E-state index in [2.05, 4.69) is 23.8 Å². The zero-order valence-corrected chi connectivity index (χ0v) is 18.8. The Labute approximate surface area is 179 Å². The molecule has 0 radical (unpaired) electrons. The van der Waals surface area contributed by atoms with Crippen LogP contribution in [-0.4, -0.2) is 39.7 Å². The van der Waals surface area contributed by atoms with Crippen molar-refractivity contribution in [3.63, 3.8) is 0 Å². The smallest absolute Gasteiger partial charge is 0.233 e. The number of aromatic nitrogens is 2. The fourth-order valence-corrected chi connectivity index (χ4v) is 5.52. The normalized spacial score (nSPS) is 13.7. The Morgan fingerprint density at radius 2 is 1.93 bits per heavy atom. The number of methoxy groups -OCH3 is 1. The van der Waals surface area contributed by atoms with E-state index < -0.39 is 0 Å². The highest BCUT2D eigenvalue weighted by Crippen LogP contribution is 2.36. The van der Waals surface area contributed by atoms with Crippen molar-refractivity contribution < 1.29 is 9.53 Å². The molecule has 0 atom stereocenters. The van der Waals surface area contributed by atoms with E-state index in [0.717, 1.165) is 45.2 Å². The van der Waals surface area contributed by atoms with Crippen LogP contribution in [-0.2, 0) is 11.3 Å². The zero-order valence-electron chi connectivity index (χ0n) is 17.2. The maximum Gasteiger partial charge on any atom is 0.233 e. The molecule has 0 aliphatic heterocycles. The van der Waals surface area contributed by atoms with Gasteiger partial charge in [0.25, 0.3) is 0 Å². The first-order chi connectivity index (χ1) is 14.0. The van der Waals surface area contributed by atoms with E-state index in [-0.39, 0.29) is 5.91 Å². The second-order valence-electron chi connectivity index (χ2n) is 7.43. The molecule has 1 aliphatic rings. The molecule has 1 amide bonds. The Morgan fingerprint density at radius 1 is 1.21 bits per heavy atom. The highest BCUT2D eigenvalue weighted by Gasteiger charge is 2.32. The predicted molar refractivity (Wildman–Crippen MR) is 119 cm³/mol. The van der Waals surface area contributed by atoms with Crippen molar-refractivity contribution in [2.24, 2.45) is 0 Å². The summed E-state index contributed by atoms with van der Waals surface area (Å²) in [5, 5.41) is 2.02. The number of hydrogen-bond acceptors (Lipinski definition) is 6. The number of benzene rings is 1. The molecule has 152 valence electrons. The number of rotatable bonds is 7. The van der Waals surface area contributed by atoms with Gasteiger partial charge in [0, 0.05) is 22.8 Å². The molecule has 29 heavy (non-hydrogen) atoms. The summed E-state index contributed by atoms with van der Waals surface area (Å²) < 4.78 is 5.23. The van der Waals surface area contributed by atoms with Gasteiger partial charge in [0.15, 0.2) is 0 Å². The van der Waals surface area contributed by atoms with Crippen LogP contribution in [0, 0.1) is 20.8 Å². The monoisotopic (exact) mass is 427 g/mol. The lowest BCUT2D eigenvalue weighted by molar-refractivity contribution is -0.129. The SMILES string of the molecule is COc1ccc(CN(C(=O)CSc2nc(C)nc3sc(C)c(C)c23)C2CC2)cc1. The van der Waals surface area contributed by atoms with Crippen LogP contribution in [0.15, 0.2) is 29.3 Å². The standard InChI is InChI=1S/C22H25N3O2S2/c1-13-14(2)29-22-20(13)21(23-15(3)24-22)28-12-19(26)25(17-7-8-17)11-16-5-9-18(27-4)10-6-16/h5-6,9-10,17H,7-8,11-12H2,1-4H3. The van der Waals surface area contributed by atoms with Crippen LogP contribution in [0.4, 0.5) is 0 Å². The van der Waals surface area contributed by atoms with Crippen molar-refractivity contribution in [3.05, 3.63) is 46.1 Å². The van der Waals surface area contributed by atoms with Gasteiger partial charge in [-0.25, -0.2) is 9.97 Å². The Morgan fingerprint density at radius 3 is 2.59 bits per heavy atom. The summed E-state index contributed by atoms with van der Waals surface area (Å²) in [5.74, 6) is 2.15. The van der Waals surface area contributed by atoms with Gasteiger partial charge in [0.1, 0.15) is 21.4 Å². The van der Waals surface area contributed by atoms with E-state index in [1.165, 1.54) is 22.2 Å².